The number of nitrogens with zero attached hydrogens (tertiary/aromatic N) is 3. The summed E-state index contributed by atoms with van der Waals surface area (Å²) in [7, 11) is 0. The molecule has 0 bridgehead atoms. The van der Waals surface area contributed by atoms with Gasteiger partial charge in [0.15, 0.2) is 0 Å². The highest BCUT2D eigenvalue weighted by Gasteiger charge is 2.02. The van der Waals surface area contributed by atoms with Crippen molar-refractivity contribution in [3.05, 3.63) is 72.2 Å². The van der Waals surface area contributed by atoms with Crippen molar-refractivity contribution in [2.75, 3.05) is 10.6 Å². The van der Waals surface area contributed by atoms with E-state index in [1.54, 1.807) is 12.4 Å². The van der Waals surface area contributed by atoms with Crippen LogP contribution in [0.4, 0.5) is 17.5 Å². The van der Waals surface area contributed by atoms with Gasteiger partial charge in [0.2, 0.25) is 5.95 Å². The molecule has 0 atom stereocenters. The van der Waals surface area contributed by atoms with Crippen LogP contribution in [0.15, 0.2) is 60.9 Å². The van der Waals surface area contributed by atoms with Gasteiger partial charge in [-0.05, 0) is 41.8 Å². The van der Waals surface area contributed by atoms with Crippen LogP contribution in [-0.4, -0.2) is 15.0 Å². The average Bonchev–Trinajstić information content (AvgIpc) is 2.62. The number of hydrogen-bond donors (Lipinski definition) is 2. The summed E-state index contributed by atoms with van der Waals surface area (Å²) >= 11 is 0. The second-order valence-electron chi connectivity index (χ2n) is 5.84. The number of aromatic nitrogens is 3. The summed E-state index contributed by atoms with van der Waals surface area (Å²) in [4.78, 5) is 13.0. The van der Waals surface area contributed by atoms with E-state index < -0.39 is 0 Å². The van der Waals surface area contributed by atoms with Crippen LogP contribution in [-0.2, 0) is 6.54 Å². The highest BCUT2D eigenvalue weighted by Crippen LogP contribution is 2.19. The Morgan fingerprint density at radius 2 is 1.75 bits per heavy atom. The summed E-state index contributed by atoms with van der Waals surface area (Å²) in [5.41, 5.74) is 3.25. The predicted molar refractivity (Wildman–Crippen MR) is 97.4 cm³/mol. The lowest BCUT2D eigenvalue weighted by molar-refractivity contribution is 0.867. The van der Waals surface area contributed by atoms with Gasteiger partial charge < -0.3 is 10.6 Å². The molecule has 122 valence electrons. The van der Waals surface area contributed by atoms with Gasteiger partial charge in [-0.15, -0.1) is 0 Å². The molecule has 3 aromatic rings. The fraction of sp³-hybridized carbons (Fsp3) is 0.211. The fourth-order valence-corrected chi connectivity index (χ4v) is 2.28. The first-order chi connectivity index (χ1) is 11.7. The molecule has 24 heavy (non-hydrogen) atoms. The maximum Gasteiger partial charge on any atom is 0.229 e. The molecule has 0 radical (unpaired) electrons. The van der Waals surface area contributed by atoms with Crippen molar-refractivity contribution in [3.63, 3.8) is 0 Å². The third kappa shape index (κ3) is 4.29. The van der Waals surface area contributed by atoms with Crippen LogP contribution >= 0.6 is 0 Å². The van der Waals surface area contributed by atoms with E-state index in [-0.39, 0.29) is 0 Å². The van der Waals surface area contributed by atoms with Crippen LogP contribution in [0, 0.1) is 0 Å². The smallest absolute Gasteiger partial charge is 0.229 e. The van der Waals surface area contributed by atoms with Crippen LogP contribution in [0.25, 0.3) is 0 Å². The Morgan fingerprint density at radius 1 is 0.917 bits per heavy atom. The first kappa shape index (κ1) is 15.9. The lowest BCUT2D eigenvalue weighted by atomic mass is 10.0. The Kier molecular flexibility index (Phi) is 5.01. The third-order valence-electron chi connectivity index (χ3n) is 3.67. The molecule has 0 unspecified atom stereocenters. The van der Waals surface area contributed by atoms with Crippen LogP contribution in [0.2, 0.25) is 0 Å². The second-order valence-corrected chi connectivity index (χ2v) is 5.84. The summed E-state index contributed by atoms with van der Waals surface area (Å²) in [5.74, 6) is 1.85. The monoisotopic (exact) mass is 319 g/mol. The van der Waals surface area contributed by atoms with Crippen molar-refractivity contribution >= 4 is 17.5 Å². The second kappa shape index (κ2) is 7.55. The number of rotatable bonds is 6. The molecule has 0 aliphatic heterocycles. The summed E-state index contributed by atoms with van der Waals surface area (Å²) < 4.78 is 0. The van der Waals surface area contributed by atoms with E-state index in [0.717, 1.165) is 17.2 Å². The molecule has 2 aromatic heterocycles. The van der Waals surface area contributed by atoms with E-state index in [1.165, 1.54) is 5.56 Å². The van der Waals surface area contributed by atoms with Gasteiger partial charge in [-0.3, -0.25) is 4.98 Å². The number of pyridine rings is 1. The molecule has 3 rings (SSSR count). The first-order valence-corrected chi connectivity index (χ1v) is 8.04. The van der Waals surface area contributed by atoms with Crippen molar-refractivity contribution in [1.29, 1.82) is 0 Å². The largest absolute Gasteiger partial charge is 0.364 e. The van der Waals surface area contributed by atoms with Gasteiger partial charge in [0.05, 0.1) is 12.2 Å². The van der Waals surface area contributed by atoms with Crippen molar-refractivity contribution in [2.45, 2.75) is 26.3 Å². The molecular formula is C19H21N5. The molecule has 0 amide bonds. The number of benzene rings is 1. The Balaban J connectivity index is 1.64. The Bertz CT molecular complexity index is 769. The molecule has 0 saturated heterocycles. The molecule has 5 nitrogen and oxygen atoms in total. The van der Waals surface area contributed by atoms with Gasteiger partial charge >= 0.3 is 0 Å². The van der Waals surface area contributed by atoms with Gasteiger partial charge in [-0.2, -0.15) is 4.98 Å². The zero-order chi connectivity index (χ0) is 16.8. The maximum absolute atomic E-state index is 4.48. The van der Waals surface area contributed by atoms with Gasteiger partial charge in [-0.1, -0.05) is 32.0 Å². The molecule has 0 aliphatic rings. The Morgan fingerprint density at radius 3 is 2.46 bits per heavy atom. The van der Waals surface area contributed by atoms with E-state index in [0.29, 0.717) is 18.4 Å². The van der Waals surface area contributed by atoms with Gasteiger partial charge in [0.1, 0.15) is 5.82 Å². The summed E-state index contributed by atoms with van der Waals surface area (Å²) in [6, 6.07) is 16.0. The topological polar surface area (TPSA) is 62.7 Å². The Labute approximate surface area is 142 Å². The molecule has 0 fully saturated rings. The van der Waals surface area contributed by atoms with Gasteiger partial charge in [-0.25, -0.2) is 4.98 Å². The number of anilines is 3. The van der Waals surface area contributed by atoms with Crippen LogP contribution < -0.4 is 10.6 Å². The normalized spacial score (nSPS) is 10.6. The van der Waals surface area contributed by atoms with E-state index >= 15 is 0 Å². The maximum atomic E-state index is 4.48. The van der Waals surface area contributed by atoms with Crippen molar-refractivity contribution < 1.29 is 0 Å². The zero-order valence-corrected chi connectivity index (χ0v) is 13.9. The summed E-state index contributed by atoms with van der Waals surface area (Å²) in [5, 5.41) is 6.49. The van der Waals surface area contributed by atoms with E-state index in [4.69, 9.17) is 0 Å². The highest BCUT2D eigenvalue weighted by molar-refractivity contribution is 5.55. The molecular weight excluding hydrogens is 298 g/mol. The molecule has 2 N–H and O–H groups in total. The zero-order valence-electron chi connectivity index (χ0n) is 13.9. The van der Waals surface area contributed by atoms with Gasteiger partial charge in [0, 0.05) is 18.1 Å². The summed E-state index contributed by atoms with van der Waals surface area (Å²) in [6.45, 7) is 4.99. The number of nitrogens with one attached hydrogen (secondary N) is 2. The van der Waals surface area contributed by atoms with E-state index in [1.807, 2.05) is 36.4 Å². The standard InChI is InChI=1S/C19H21N5/c1-14(2)15-6-8-16(9-7-15)23-19-21-12-10-18(24-19)22-13-17-5-3-4-11-20-17/h3-12,14H,13H2,1-2H3,(H2,21,22,23,24). The van der Waals surface area contributed by atoms with Crippen molar-refractivity contribution in [1.82, 2.24) is 15.0 Å². The van der Waals surface area contributed by atoms with Crippen LogP contribution in [0.1, 0.15) is 31.0 Å². The molecule has 2 heterocycles. The Hall–Kier alpha value is -2.95. The summed E-state index contributed by atoms with van der Waals surface area (Å²) in [6.07, 6.45) is 3.52. The SMILES string of the molecule is CC(C)c1ccc(Nc2nccc(NCc3ccccn3)n2)cc1. The van der Waals surface area contributed by atoms with Gasteiger partial charge in [0.25, 0.3) is 0 Å². The average molecular weight is 319 g/mol. The fourth-order valence-electron chi connectivity index (χ4n) is 2.28. The highest BCUT2D eigenvalue weighted by atomic mass is 15.1. The third-order valence-corrected chi connectivity index (χ3v) is 3.67. The minimum absolute atomic E-state index is 0.523. The molecule has 0 saturated carbocycles. The minimum atomic E-state index is 0.523. The molecule has 1 aromatic carbocycles. The van der Waals surface area contributed by atoms with E-state index in [9.17, 15) is 0 Å². The van der Waals surface area contributed by atoms with Crippen molar-refractivity contribution in [2.24, 2.45) is 0 Å². The van der Waals surface area contributed by atoms with Crippen LogP contribution in [0.3, 0.4) is 0 Å². The molecule has 0 aliphatic carbocycles. The van der Waals surface area contributed by atoms with E-state index in [2.05, 4.69) is 51.6 Å². The molecule has 0 spiro atoms. The number of hydrogen-bond acceptors (Lipinski definition) is 5. The quantitative estimate of drug-likeness (QED) is 0.707. The predicted octanol–water partition coefficient (Wildman–Crippen LogP) is 4.35. The molecule has 5 heteroatoms. The van der Waals surface area contributed by atoms with Crippen LogP contribution in [0.5, 0.6) is 0 Å². The van der Waals surface area contributed by atoms with Crippen molar-refractivity contribution in [3.8, 4) is 0 Å². The lowest BCUT2D eigenvalue weighted by Gasteiger charge is -2.10. The lowest BCUT2D eigenvalue weighted by Crippen LogP contribution is -2.05. The first-order valence-electron chi connectivity index (χ1n) is 8.04. The minimum Gasteiger partial charge on any atom is -0.364 e.